The number of carbonyl (C=O) groups is 1. The zero-order valence-electron chi connectivity index (χ0n) is 9.67. The van der Waals surface area contributed by atoms with Gasteiger partial charge in [-0.1, -0.05) is 0 Å². The summed E-state index contributed by atoms with van der Waals surface area (Å²) in [4.78, 5) is 10.8. The number of benzene rings is 1. The predicted molar refractivity (Wildman–Crippen MR) is 67.7 cm³/mol. The third-order valence-electron chi connectivity index (χ3n) is 2.38. The van der Waals surface area contributed by atoms with Crippen molar-refractivity contribution in [2.24, 2.45) is 0 Å². The maximum atomic E-state index is 10.8. The summed E-state index contributed by atoms with van der Waals surface area (Å²) in [6.07, 6.45) is 0.176. The molecule has 100 valence electrons. The van der Waals surface area contributed by atoms with E-state index in [4.69, 9.17) is 20.9 Å². The highest BCUT2D eigenvalue weighted by atomic mass is 35.5. The maximum Gasteiger partial charge on any atom is 0.267 e. The van der Waals surface area contributed by atoms with Gasteiger partial charge in [0.1, 0.15) is 5.75 Å². The molecule has 0 radical (unpaired) electrons. The van der Waals surface area contributed by atoms with Gasteiger partial charge in [-0.05, 0) is 42.8 Å². The van der Waals surface area contributed by atoms with Crippen LogP contribution in [0, 0.1) is 0 Å². The largest absolute Gasteiger partial charge is 0.494 e. The summed E-state index contributed by atoms with van der Waals surface area (Å²) < 4.78 is 35.5. The topological polar surface area (TPSA) is 80.7 Å². The summed E-state index contributed by atoms with van der Waals surface area (Å²) in [7, 11) is -4.02. The number of hydrogen-bond donors (Lipinski definition) is 1. The van der Waals surface area contributed by atoms with E-state index in [9.17, 15) is 13.2 Å². The molecule has 0 saturated carbocycles. The molecular weight excluding hydrogens is 280 g/mol. The summed E-state index contributed by atoms with van der Waals surface area (Å²) in [6, 6.07) is 6.15. The molecule has 0 aromatic heterocycles. The average Bonchev–Trinajstić information content (AvgIpc) is 2.28. The molecule has 0 aliphatic rings. The van der Waals surface area contributed by atoms with Crippen LogP contribution >= 0.6 is 11.6 Å². The molecule has 7 heteroatoms. The predicted octanol–water partition coefficient (Wildman–Crippen LogP) is 2.11. The van der Waals surface area contributed by atoms with Crippen molar-refractivity contribution in [3.05, 3.63) is 29.8 Å². The molecule has 1 atom stereocenters. The van der Waals surface area contributed by atoms with Gasteiger partial charge in [0.25, 0.3) is 15.4 Å². The van der Waals surface area contributed by atoms with Gasteiger partial charge in [0.2, 0.25) is 0 Å². The number of ether oxygens (including phenoxy) is 1. The van der Waals surface area contributed by atoms with Crippen molar-refractivity contribution in [1.82, 2.24) is 0 Å². The van der Waals surface area contributed by atoms with E-state index in [1.807, 2.05) is 0 Å². The normalized spacial score (nSPS) is 13.1. The third-order valence-corrected chi connectivity index (χ3v) is 3.85. The van der Waals surface area contributed by atoms with E-state index in [-0.39, 0.29) is 13.0 Å². The first-order valence-electron chi connectivity index (χ1n) is 5.19. The van der Waals surface area contributed by atoms with E-state index >= 15 is 0 Å². The first-order chi connectivity index (χ1) is 8.30. The van der Waals surface area contributed by atoms with Gasteiger partial charge in [0.15, 0.2) is 0 Å². The molecule has 0 amide bonds. The molecule has 0 saturated heterocycles. The van der Waals surface area contributed by atoms with E-state index in [1.165, 1.54) is 19.1 Å². The van der Waals surface area contributed by atoms with Crippen molar-refractivity contribution in [1.29, 1.82) is 0 Å². The lowest BCUT2D eigenvalue weighted by Gasteiger charge is -2.09. The van der Waals surface area contributed by atoms with E-state index in [1.54, 1.807) is 12.1 Å². The van der Waals surface area contributed by atoms with Gasteiger partial charge in [-0.3, -0.25) is 9.35 Å². The van der Waals surface area contributed by atoms with Crippen molar-refractivity contribution in [2.75, 3.05) is 6.61 Å². The number of rotatable bonds is 6. The molecule has 1 aromatic rings. The highest BCUT2D eigenvalue weighted by molar-refractivity contribution is 7.86. The molecular formula is C11H13ClO5S. The van der Waals surface area contributed by atoms with Gasteiger partial charge in [0, 0.05) is 12.0 Å². The molecule has 0 bridgehead atoms. The Hall–Kier alpha value is -1.11. The first kappa shape index (κ1) is 14.9. The van der Waals surface area contributed by atoms with Crippen LogP contribution in [0.25, 0.3) is 0 Å². The fourth-order valence-corrected chi connectivity index (χ4v) is 1.69. The Labute approximate surface area is 110 Å². The monoisotopic (exact) mass is 292 g/mol. The van der Waals surface area contributed by atoms with Crippen LogP contribution in [-0.2, 0) is 10.1 Å². The smallest absolute Gasteiger partial charge is 0.267 e. The Bertz CT molecular complexity index is 509. The van der Waals surface area contributed by atoms with Crippen molar-refractivity contribution >= 4 is 27.0 Å². The fraction of sp³-hybridized carbons (Fsp3) is 0.364. The van der Waals surface area contributed by atoms with Crippen LogP contribution in [0.3, 0.4) is 0 Å². The summed E-state index contributed by atoms with van der Waals surface area (Å²) in [5, 5.41) is -1.43. The Morgan fingerprint density at radius 1 is 1.39 bits per heavy atom. The minimum atomic E-state index is -4.02. The van der Waals surface area contributed by atoms with Crippen LogP contribution in [0.2, 0.25) is 0 Å². The van der Waals surface area contributed by atoms with Crippen molar-refractivity contribution in [3.8, 4) is 5.75 Å². The third kappa shape index (κ3) is 4.64. The Morgan fingerprint density at radius 2 is 1.94 bits per heavy atom. The van der Waals surface area contributed by atoms with Crippen LogP contribution in [0.15, 0.2) is 24.3 Å². The minimum Gasteiger partial charge on any atom is -0.494 e. The minimum absolute atomic E-state index is 0.148. The molecule has 0 aliphatic heterocycles. The van der Waals surface area contributed by atoms with Crippen LogP contribution in [-0.4, -0.2) is 30.1 Å². The van der Waals surface area contributed by atoms with Crippen LogP contribution in [0.1, 0.15) is 23.7 Å². The Balaban J connectivity index is 2.47. The molecule has 0 spiro atoms. The lowest BCUT2D eigenvalue weighted by molar-refractivity contribution is 0.108. The standard InChI is InChI=1S/C11H13ClO5S/c1-8(18(14,15)16)6-7-17-10-4-2-9(3-5-10)11(12)13/h2-5,8H,6-7H2,1H3,(H,14,15,16). The van der Waals surface area contributed by atoms with E-state index in [0.717, 1.165) is 0 Å². The Morgan fingerprint density at radius 3 is 2.39 bits per heavy atom. The van der Waals surface area contributed by atoms with Crippen LogP contribution < -0.4 is 4.74 Å². The van der Waals surface area contributed by atoms with Crippen molar-refractivity contribution in [3.63, 3.8) is 0 Å². The second-order valence-corrected chi connectivity index (χ2v) is 5.94. The molecule has 0 aliphatic carbocycles. The molecule has 5 nitrogen and oxygen atoms in total. The molecule has 18 heavy (non-hydrogen) atoms. The summed E-state index contributed by atoms with van der Waals surface area (Å²) >= 11 is 5.28. The quantitative estimate of drug-likeness (QED) is 0.641. The lowest BCUT2D eigenvalue weighted by atomic mass is 10.2. The van der Waals surface area contributed by atoms with Gasteiger partial charge >= 0.3 is 0 Å². The van der Waals surface area contributed by atoms with Gasteiger partial charge < -0.3 is 4.74 Å². The molecule has 1 rings (SSSR count). The summed E-state index contributed by atoms with van der Waals surface area (Å²) in [6.45, 7) is 1.54. The molecule has 0 heterocycles. The second kappa shape index (κ2) is 6.17. The highest BCUT2D eigenvalue weighted by Gasteiger charge is 2.16. The SMILES string of the molecule is CC(CCOc1ccc(C(=O)Cl)cc1)S(=O)(=O)O. The van der Waals surface area contributed by atoms with Gasteiger partial charge in [0.05, 0.1) is 11.9 Å². The number of halogens is 1. The zero-order valence-corrected chi connectivity index (χ0v) is 11.2. The van der Waals surface area contributed by atoms with Crippen LogP contribution in [0.5, 0.6) is 5.75 Å². The molecule has 1 N–H and O–H groups in total. The molecule has 0 fully saturated rings. The van der Waals surface area contributed by atoms with E-state index < -0.39 is 20.6 Å². The maximum absolute atomic E-state index is 10.8. The number of hydrogen-bond acceptors (Lipinski definition) is 4. The molecule has 1 aromatic carbocycles. The van der Waals surface area contributed by atoms with E-state index in [0.29, 0.717) is 11.3 Å². The number of carbonyl (C=O) groups excluding carboxylic acids is 1. The van der Waals surface area contributed by atoms with E-state index in [2.05, 4.69) is 0 Å². The van der Waals surface area contributed by atoms with Crippen molar-refractivity contribution in [2.45, 2.75) is 18.6 Å². The zero-order chi connectivity index (χ0) is 13.8. The second-order valence-electron chi connectivity index (χ2n) is 3.76. The lowest BCUT2D eigenvalue weighted by Crippen LogP contribution is -2.19. The molecule has 1 unspecified atom stereocenters. The average molecular weight is 293 g/mol. The van der Waals surface area contributed by atoms with Gasteiger partial charge in [-0.2, -0.15) is 8.42 Å². The van der Waals surface area contributed by atoms with Crippen molar-refractivity contribution < 1.29 is 22.5 Å². The summed E-state index contributed by atoms with van der Waals surface area (Å²) in [5.41, 5.74) is 0.357. The highest BCUT2D eigenvalue weighted by Crippen LogP contribution is 2.14. The summed E-state index contributed by atoms with van der Waals surface area (Å²) in [5.74, 6) is 0.499. The van der Waals surface area contributed by atoms with Gasteiger partial charge in [-0.25, -0.2) is 0 Å². The van der Waals surface area contributed by atoms with Crippen LogP contribution in [0.4, 0.5) is 0 Å². The van der Waals surface area contributed by atoms with Gasteiger partial charge in [-0.15, -0.1) is 0 Å². The Kier molecular flexibility index (Phi) is 5.13. The fourth-order valence-electron chi connectivity index (χ4n) is 1.17. The first-order valence-corrected chi connectivity index (χ1v) is 7.08.